The van der Waals surface area contributed by atoms with Crippen LogP contribution in [0, 0.1) is 0 Å². The molecular weight excluding hydrogens is 202 g/mol. The number of nitrogens with zero attached hydrogens (tertiary/aromatic N) is 3. The normalized spacial score (nSPS) is 15.6. The van der Waals surface area contributed by atoms with E-state index in [2.05, 4.69) is 20.4 Å². The Labute approximate surface area is 93.9 Å². The van der Waals surface area contributed by atoms with Gasteiger partial charge in [0.1, 0.15) is 5.69 Å². The van der Waals surface area contributed by atoms with Crippen molar-refractivity contribution in [3.05, 3.63) is 24.2 Å². The second kappa shape index (κ2) is 3.75. The zero-order valence-corrected chi connectivity index (χ0v) is 9.27. The fourth-order valence-electron chi connectivity index (χ4n) is 1.66. The third-order valence-electron chi connectivity index (χ3n) is 2.74. The standard InChI is InChI=1S/C11H15N5/c1-16-5-4-10(15-16)11-13-7-9(14-11)6-12-8-2-3-8/h4-5,7-8,12H,2-3,6H2,1H3,(H,13,14). The molecule has 1 aliphatic rings. The Hall–Kier alpha value is -1.62. The summed E-state index contributed by atoms with van der Waals surface area (Å²) in [6.07, 6.45) is 6.40. The van der Waals surface area contributed by atoms with Crippen molar-refractivity contribution in [1.82, 2.24) is 25.1 Å². The van der Waals surface area contributed by atoms with E-state index in [-0.39, 0.29) is 0 Å². The zero-order chi connectivity index (χ0) is 11.0. The van der Waals surface area contributed by atoms with Crippen molar-refractivity contribution >= 4 is 0 Å². The highest BCUT2D eigenvalue weighted by Gasteiger charge is 2.20. The topological polar surface area (TPSA) is 58.5 Å². The number of aryl methyl sites for hydroxylation is 1. The van der Waals surface area contributed by atoms with E-state index >= 15 is 0 Å². The fourth-order valence-corrected chi connectivity index (χ4v) is 1.66. The van der Waals surface area contributed by atoms with Crippen LogP contribution in [-0.2, 0) is 13.6 Å². The molecule has 1 aliphatic carbocycles. The van der Waals surface area contributed by atoms with E-state index in [1.807, 2.05) is 25.5 Å². The maximum atomic E-state index is 4.33. The molecule has 5 nitrogen and oxygen atoms in total. The van der Waals surface area contributed by atoms with Gasteiger partial charge in [-0.1, -0.05) is 0 Å². The molecule has 1 fully saturated rings. The van der Waals surface area contributed by atoms with Crippen LogP contribution < -0.4 is 5.32 Å². The predicted octanol–water partition coefficient (Wildman–Crippen LogP) is 1.06. The predicted molar refractivity (Wildman–Crippen MR) is 60.7 cm³/mol. The van der Waals surface area contributed by atoms with Gasteiger partial charge in [0, 0.05) is 31.5 Å². The lowest BCUT2D eigenvalue weighted by Gasteiger charge is -1.98. The maximum absolute atomic E-state index is 4.33. The molecule has 0 amide bonds. The molecule has 0 aromatic carbocycles. The molecule has 1 saturated carbocycles. The van der Waals surface area contributed by atoms with E-state index in [1.165, 1.54) is 12.8 Å². The third-order valence-corrected chi connectivity index (χ3v) is 2.74. The number of aromatic nitrogens is 4. The van der Waals surface area contributed by atoms with Gasteiger partial charge in [-0.2, -0.15) is 5.10 Å². The molecule has 0 saturated heterocycles. The Balaban J connectivity index is 1.71. The van der Waals surface area contributed by atoms with Crippen LogP contribution in [0.15, 0.2) is 18.5 Å². The third kappa shape index (κ3) is 1.99. The van der Waals surface area contributed by atoms with Crippen molar-refractivity contribution in [2.75, 3.05) is 0 Å². The minimum Gasteiger partial charge on any atom is -0.339 e. The molecule has 2 aromatic heterocycles. The maximum Gasteiger partial charge on any atom is 0.158 e. The first-order valence-electron chi connectivity index (χ1n) is 5.58. The molecule has 0 aliphatic heterocycles. The largest absolute Gasteiger partial charge is 0.339 e. The minimum atomic E-state index is 0.724. The average molecular weight is 217 g/mol. The first-order chi connectivity index (χ1) is 7.81. The number of rotatable bonds is 4. The number of imidazole rings is 1. The highest BCUT2D eigenvalue weighted by molar-refractivity contribution is 5.48. The Bertz CT molecular complexity index is 480. The lowest BCUT2D eigenvalue weighted by molar-refractivity contribution is 0.677. The molecule has 0 atom stereocenters. The van der Waals surface area contributed by atoms with E-state index in [4.69, 9.17) is 0 Å². The van der Waals surface area contributed by atoms with Gasteiger partial charge in [-0.25, -0.2) is 4.98 Å². The van der Waals surface area contributed by atoms with Gasteiger partial charge in [0.25, 0.3) is 0 Å². The van der Waals surface area contributed by atoms with Gasteiger partial charge in [-0.3, -0.25) is 4.68 Å². The average Bonchev–Trinajstić information content (AvgIpc) is 2.81. The summed E-state index contributed by atoms with van der Waals surface area (Å²) in [5, 5.41) is 7.75. The summed E-state index contributed by atoms with van der Waals surface area (Å²) in [4.78, 5) is 7.60. The second-order valence-electron chi connectivity index (χ2n) is 4.29. The highest BCUT2D eigenvalue weighted by Crippen LogP contribution is 2.19. The Morgan fingerprint density at radius 1 is 1.56 bits per heavy atom. The van der Waals surface area contributed by atoms with Gasteiger partial charge in [0.2, 0.25) is 0 Å². The molecular formula is C11H15N5. The minimum absolute atomic E-state index is 0.724. The molecule has 3 rings (SSSR count). The molecule has 0 radical (unpaired) electrons. The Kier molecular flexibility index (Phi) is 2.25. The van der Waals surface area contributed by atoms with Crippen LogP contribution >= 0.6 is 0 Å². The van der Waals surface area contributed by atoms with E-state index < -0.39 is 0 Å². The Morgan fingerprint density at radius 2 is 2.44 bits per heavy atom. The number of aromatic amines is 1. The summed E-state index contributed by atoms with van der Waals surface area (Å²) in [6, 6.07) is 2.68. The first kappa shape index (κ1) is 9.59. The number of hydrogen-bond acceptors (Lipinski definition) is 3. The second-order valence-corrected chi connectivity index (χ2v) is 4.29. The van der Waals surface area contributed by atoms with Gasteiger partial charge in [-0.05, 0) is 18.9 Å². The molecule has 2 N–H and O–H groups in total. The highest BCUT2D eigenvalue weighted by atomic mass is 15.3. The van der Waals surface area contributed by atoms with Crippen molar-refractivity contribution in [2.45, 2.75) is 25.4 Å². The summed E-state index contributed by atoms with van der Waals surface area (Å²) in [5.41, 5.74) is 2.01. The van der Waals surface area contributed by atoms with Crippen LogP contribution in [0.2, 0.25) is 0 Å². The smallest absolute Gasteiger partial charge is 0.158 e. The number of hydrogen-bond donors (Lipinski definition) is 2. The van der Waals surface area contributed by atoms with E-state index in [1.54, 1.807) is 4.68 Å². The van der Waals surface area contributed by atoms with Gasteiger partial charge < -0.3 is 10.3 Å². The number of H-pyrrole nitrogens is 1. The van der Waals surface area contributed by atoms with Crippen LogP contribution in [0.1, 0.15) is 18.5 Å². The van der Waals surface area contributed by atoms with Crippen LogP contribution in [0.25, 0.3) is 11.5 Å². The SMILES string of the molecule is Cn1ccc(-c2ncc(CNC3CC3)[nH]2)n1. The molecule has 2 aromatic rings. The van der Waals surface area contributed by atoms with Crippen molar-refractivity contribution < 1.29 is 0 Å². The first-order valence-corrected chi connectivity index (χ1v) is 5.58. The lowest BCUT2D eigenvalue weighted by Crippen LogP contribution is -2.15. The van der Waals surface area contributed by atoms with Gasteiger partial charge in [0.15, 0.2) is 5.82 Å². The van der Waals surface area contributed by atoms with Gasteiger partial charge in [-0.15, -0.1) is 0 Å². The zero-order valence-electron chi connectivity index (χ0n) is 9.27. The number of nitrogens with one attached hydrogen (secondary N) is 2. The van der Waals surface area contributed by atoms with Crippen molar-refractivity contribution in [3.63, 3.8) is 0 Å². The molecule has 5 heteroatoms. The monoisotopic (exact) mass is 217 g/mol. The van der Waals surface area contributed by atoms with Crippen molar-refractivity contribution in [3.8, 4) is 11.5 Å². The summed E-state index contributed by atoms with van der Waals surface area (Å²) in [6.45, 7) is 0.866. The molecule has 84 valence electrons. The van der Waals surface area contributed by atoms with E-state index in [9.17, 15) is 0 Å². The van der Waals surface area contributed by atoms with Gasteiger partial charge >= 0.3 is 0 Å². The fraction of sp³-hybridized carbons (Fsp3) is 0.455. The van der Waals surface area contributed by atoms with Gasteiger partial charge in [0.05, 0.1) is 6.20 Å². The summed E-state index contributed by atoms with van der Waals surface area (Å²) in [5.74, 6) is 0.841. The lowest BCUT2D eigenvalue weighted by atomic mass is 10.4. The molecule has 0 unspecified atom stereocenters. The van der Waals surface area contributed by atoms with Crippen LogP contribution in [0.3, 0.4) is 0 Å². The summed E-state index contributed by atoms with van der Waals surface area (Å²) < 4.78 is 1.78. The molecule has 0 bridgehead atoms. The quantitative estimate of drug-likeness (QED) is 0.805. The van der Waals surface area contributed by atoms with E-state index in [0.29, 0.717) is 0 Å². The van der Waals surface area contributed by atoms with Crippen LogP contribution in [0.4, 0.5) is 0 Å². The Morgan fingerprint density at radius 3 is 3.12 bits per heavy atom. The molecule has 0 spiro atoms. The summed E-state index contributed by atoms with van der Waals surface area (Å²) >= 11 is 0. The van der Waals surface area contributed by atoms with Crippen molar-refractivity contribution in [1.29, 1.82) is 0 Å². The van der Waals surface area contributed by atoms with Crippen LogP contribution in [0.5, 0.6) is 0 Å². The van der Waals surface area contributed by atoms with Crippen LogP contribution in [-0.4, -0.2) is 25.8 Å². The summed E-state index contributed by atoms with van der Waals surface area (Å²) in [7, 11) is 1.90. The molecule has 16 heavy (non-hydrogen) atoms. The van der Waals surface area contributed by atoms with E-state index in [0.717, 1.165) is 29.8 Å². The van der Waals surface area contributed by atoms with Crippen molar-refractivity contribution in [2.24, 2.45) is 7.05 Å². The molecule has 2 heterocycles.